The minimum Gasteiger partial charge on any atom is -0.493 e. The summed E-state index contributed by atoms with van der Waals surface area (Å²) in [5.41, 5.74) is 1.10. The van der Waals surface area contributed by atoms with Crippen molar-refractivity contribution in [1.82, 2.24) is 15.1 Å². The van der Waals surface area contributed by atoms with Gasteiger partial charge in [-0.25, -0.2) is 0 Å². The molecule has 0 saturated heterocycles. The first-order valence-electron chi connectivity index (χ1n) is 7.38. The highest BCUT2D eigenvalue weighted by atomic mass is 16.7. The van der Waals surface area contributed by atoms with Gasteiger partial charge < -0.3 is 19.5 Å². The van der Waals surface area contributed by atoms with Crippen LogP contribution in [0.2, 0.25) is 0 Å². The Hall–Kier alpha value is -2.21. The number of ether oxygens (including phenoxy) is 3. The number of hydrogen-bond donors (Lipinski definition) is 1. The lowest BCUT2D eigenvalue weighted by molar-refractivity contribution is 0.171. The van der Waals surface area contributed by atoms with E-state index in [0.717, 1.165) is 17.9 Å². The van der Waals surface area contributed by atoms with Crippen molar-refractivity contribution >= 4 is 0 Å². The molecule has 0 amide bonds. The van der Waals surface area contributed by atoms with Gasteiger partial charge in [0, 0.05) is 25.0 Å². The number of benzene rings is 1. The van der Waals surface area contributed by atoms with Gasteiger partial charge in [-0.05, 0) is 37.6 Å². The third-order valence-corrected chi connectivity index (χ3v) is 4.01. The second-order valence-corrected chi connectivity index (χ2v) is 5.43. The van der Waals surface area contributed by atoms with Crippen LogP contribution in [0, 0.1) is 0 Å². The van der Waals surface area contributed by atoms with Crippen LogP contribution in [-0.4, -0.2) is 29.7 Å². The number of rotatable bonds is 6. The molecule has 0 fully saturated rings. The van der Waals surface area contributed by atoms with Gasteiger partial charge in [-0.1, -0.05) is 0 Å². The third kappa shape index (κ3) is 2.87. The molecule has 6 nitrogen and oxygen atoms in total. The molecule has 0 bridgehead atoms. The summed E-state index contributed by atoms with van der Waals surface area (Å²) in [7, 11) is 1.64. The Balaban J connectivity index is 1.66. The van der Waals surface area contributed by atoms with Crippen molar-refractivity contribution < 1.29 is 14.2 Å². The van der Waals surface area contributed by atoms with Crippen molar-refractivity contribution in [3.63, 3.8) is 0 Å². The van der Waals surface area contributed by atoms with E-state index < -0.39 is 0 Å². The highest BCUT2D eigenvalue weighted by Gasteiger charge is 2.20. The van der Waals surface area contributed by atoms with Gasteiger partial charge in [0.05, 0.1) is 13.2 Å². The first-order valence-corrected chi connectivity index (χ1v) is 7.38. The van der Waals surface area contributed by atoms with Gasteiger partial charge in [-0.15, -0.1) is 0 Å². The lowest BCUT2D eigenvalue weighted by Gasteiger charge is -2.22. The maximum absolute atomic E-state index is 5.45. The quantitative estimate of drug-likeness (QED) is 0.888. The summed E-state index contributed by atoms with van der Waals surface area (Å²) in [5.74, 6) is 2.13. The summed E-state index contributed by atoms with van der Waals surface area (Å²) in [5, 5.41) is 7.80. The van der Waals surface area contributed by atoms with Crippen LogP contribution in [0.5, 0.6) is 17.2 Å². The maximum atomic E-state index is 5.45. The van der Waals surface area contributed by atoms with Crippen molar-refractivity contribution in [2.75, 3.05) is 13.9 Å². The number of hydrogen-bond acceptors (Lipinski definition) is 5. The van der Waals surface area contributed by atoms with Crippen LogP contribution in [0.1, 0.15) is 25.5 Å². The van der Waals surface area contributed by atoms with Crippen LogP contribution >= 0.6 is 0 Å². The predicted molar refractivity (Wildman–Crippen MR) is 82.4 cm³/mol. The molecule has 1 aliphatic heterocycles. The van der Waals surface area contributed by atoms with E-state index in [-0.39, 0.29) is 18.9 Å². The summed E-state index contributed by atoms with van der Waals surface area (Å²) >= 11 is 0. The van der Waals surface area contributed by atoms with Gasteiger partial charge >= 0.3 is 0 Å². The van der Waals surface area contributed by atoms with E-state index in [2.05, 4.69) is 24.3 Å². The average molecular weight is 303 g/mol. The van der Waals surface area contributed by atoms with E-state index in [0.29, 0.717) is 11.5 Å². The predicted octanol–water partition coefficient (Wildman–Crippen LogP) is 2.36. The van der Waals surface area contributed by atoms with Gasteiger partial charge in [0.25, 0.3) is 0 Å². The Morgan fingerprint density at radius 2 is 2.23 bits per heavy atom. The zero-order valence-electron chi connectivity index (χ0n) is 13.1. The standard InChI is InChI=1S/C16H21N3O3/c1-11(12(2)19-6-4-5-18-19)17-9-13-7-14(20-3)16-15(8-13)21-10-22-16/h4-8,11-12,17H,9-10H2,1-3H3/t11-,12-/m1/s1. The van der Waals surface area contributed by atoms with Crippen molar-refractivity contribution in [2.45, 2.75) is 32.5 Å². The van der Waals surface area contributed by atoms with Crippen LogP contribution < -0.4 is 19.5 Å². The number of nitrogens with one attached hydrogen (secondary N) is 1. The monoisotopic (exact) mass is 303 g/mol. The number of fused-ring (bicyclic) bond motifs is 1. The molecular formula is C16H21N3O3. The fraction of sp³-hybridized carbons (Fsp3) is 0.438. The van der Waals surface area contributed by atoms with Crippen LogP contribution in [-0.2, 0) is 6.54 Å². The van der Waals surface area contributed by atoms with Crippen LogP contribution in [0.4, 0.5) is 0 Å². The molecule has 118 valence electrons. The minimum atomic E-state index is 0.245. The fourth-order valence-corrected chi connectivity index (χ4v) is 2.49. The van der Waals surface area contributed by atoms with Gasteiger partial charge in [0.15, 0.2) is 11.5 Å². The third-order valence-electron chi connectivity index (χ3n) is 4.01. The van der Waals surface area contributed by atoms with E-state index in [1.807, 2.05) is 29.1 Å². The molecule has 3 rings (SSSR count). The van der Waals surface area contributed by atoms with Crippen LogP contribution in [0.15, 0.2) is 30.6 Å². The van der Waals surface area contributed by atoms with E-state index in [9.17, 15) is 0 Å². The first kappa shape index (κ1) is 14.7. The van der Waals surface area contributed by atoms with E-state index in [1.165, 1.54) is 0 Å². The smallest absolute Gasteiger partial charge is 0.231 e. The minimum absolute atomic E-state index is 0.245. The van der Waals surface area contributed by atoms with Crippen LogP contribution in [0.3, 0.4) is 0 Å². The van der Waals surface area contributed by atoms with Crippen molar-refractivity contribution in [3.05, 3.63) is 36.2 Å². The lowest BCUT2D eigenvalue weighted by Crippen LogP contribution is -2.33. The molecule has 1 aliphatic rings. The summed E-state index contributed by atoms with van der Waals surface area (Å²) in [6, 6.07) is 6.45. The number of nitrogens with zero attached hydrogens (tertiary/aromatic N) is 2. The fourth-order valence-electron chi connectivity index (χ4n) is 2.49. The van der Waals surface area contributed by atoms with E-state index in [1.54, 1.807) is 13.3 Å². The van der Waals surface area contributed by atoms with Crippen molar-refractivity contribution in [2.24, 2.45) is 0 Å². The summed E-state index contributed by atoms with van der Waals surface area (Å²) in [6.45, 7) is 5.26. The number of methoxy groups -OCH3 is 1. The molecule has 2 heterocycles. The summed E-state index contributed by atoms with van der Waals surface area (Å²) in [4.78, 5) is 0. The molecule has 6 heteroatoms. The molecule has 1 aromatic heterocycles. The largest absolute Gasteiger partial charge is 0.493 e. The molecule has 0 unspecified atom stereocenters. The van der Waals surface area contributed by atoms with Gasteiger partial charge in [0.2, 0.25) is 12.5 Å². The molecule has 0 saturated carbocycles. The van der Waals surface area contributed by atoms with Gasteiger partial charge in [-0.3, -0.25) is 4.68 Å². The highest BCUT2D eigenvalue weighted by molar-refractivity contribution is 5.55. The molecule has 22 heavy (non-hydrogen) atoms. The zero-order chi connectivity index (χ0) is 15.5. The van der Waals surface area contributed by atoms with E-state index in [4.69, 9.17) is 14.2 Å². The zero-order valence-corrected chi connectivity index (χ0v) is 13.1. The SMILES string of the molecule is COc1cc(CN[C@H](C)[C@@H](C)n2cccn2)cc2c1OCO2. The molecule has 0 spiro atoms. The van der Waals surface area contributed by atoms with Crippen molar-refractivity contribution in [1.29, 1.82) is 0 Å². The molecule has 2 atom stereocenters. The highest BCUT2D eigenvalue weighted by Crippen LogP contribution is 2.41. The normalized spacial score (nSPS) is 15.6. The summed E-state index contributed by atoms with van der Waals surface area (Å²) < 4.78 is 18.2. The Morgan fingerprint density at radius 1 is 1.36 bits per heavy atom. The van der Waals surface area contributed by atoms with Crippen molar-refractivity contribution in [3.8, 4) is 17.2 Å². The molecule has 2 aromatic rings. The van der Waals surface area contributed by atoms with E-state index >= 15 is 0 Å². The Kier molecular flexibility index (Phi) is 4.20. The lowest BCUT2D eigenvalue weighted by atomic mass is 10.1. The maximum Gasteiger partial charge on any atom is 0.231 e. The Bertz CT molecular complexity index is 628. The first-order chi connectivity index (χ1) is 10.7. The van der Waals surface area contributed by atoms with Gasteiger partial charge in [-0.2, -0.15) is 5.10 Å². The average Bonchev–Trinajstić information content (AvgIpc) is 3.21. The second kappa shape index (κ2) is 6.27. The summed E-state index contributed by atoms with van der Waals surface area (Å²) in [6.07, 6.45) is 3.78. The van der Waals surface area contributed by atoms with Crippen LogP contribution in [0.25, 0.3) is 0 Å². The molecule has 0 aliphatic carbocycles. The Morgan fingerprint density at radius 3 is 2.95 bits per heavy atom. The second-order valence-electron chi connectivity index (χ2n) is 5.43. The topological polar surface area (TPSA) is 57.5 Å². The number of aromatic nitrogens is 2. The molecular weight excluding hydrogens is 282 g/mol. The Labute approximate surface area is 130 Å². The molecule has 0 radical (unpaired) electrons. The molecule has 1 aromatic carbocycles. The van der Waals surface area contributed by atoms with Gasteiger partial charge in [0.1, 0.15) is 0 Å². The molecule has 1 N–H and O–H groups in total.